The molecule has 0 saturated heterocycles. The van der Waals surface area contributed by atoms with Crippen molar-refractivity contribution >= 4 is 22.6 Å². The molecule has 4 nitrogen and oxygen atoms in total. The van der Waals surface area contributed by atoms with Crippen LogP contribution >= 0.6 is 0 Å². The highest BCUT2D eigenvalue weighted by Crippen LogP contribution is 2.60. The molecule has 4 bridgehead atoms. The second-order valence-corrected chi connectivity index (χ2v) is 9.51. The molecule has 0 aromatic heterocycles. The van der Waals surface area contributed by atoms with Crippen molar-refractivity contribution in [1.29, 1.82) is 0 Å². The molecule has 146 valence electrons. The van der Waals surface area contributed by atoms with Crippen molar-refractivity contribution in [2.75, 3.05) is 0 Å². The van der Waals surface area contributed by atoms with Gasteiger partial charge in [0.05, 0.1) is 0 Å². The molecule has 0 heterocycles. The van der Waals surface area contributed by atoms with Crippen molar-refractivity contribution in [3.63, 3.8) is 0 Å². The van der Waals surface area contributed by atoms with Crippen LogP contribution in [0.3, 0.4) is 0 Å². The maximum Gasteiger partial charge on any atom is 0.240 e. The molecular formula is C24H28N2O2. The monoisotopic (exact) mass is 376 g/mol. The SMILES string of the molecule is NC(=O)[C@H](Cc1ccc2ccccc2c1)NC(=O)C12CC3CC(CC(C3)C1)C2. The summed E-state index contributed by atoms with van der Waals surface area (Å²) in [6, 6.07) is 13.7. The highest BCUT2D eigenvalue weighted by atomic mass is 16.2. The Balaban J connectivity index is 1.34. The van der Waals surface area contributed by atoms with E-state index in [2.05, 4.69) is 29.6 Å². The molecule has 2 aromatic carbocycles. The Kier molecular flexibility index (Phi) is 4.18. The van der Waals surface area contributed by atoms with Gasteiger partial charge in [0.25, 0.3) is 0 Å². The third kappa shape index (κ3) is 3.09. The van der Waals surface area contributed by atoms with Gasteiger partial charge in [0.2, 0.25) is 11.8 Å². The maximum atomic E-state index is 13.3. The fraction of sp³-hybridized carbons (Fsp3) is 0.500. The first kappa shape index (κ1) is 17.7. The Morgan fingerprint density at radius 1 is 0.964 bits per heavy atom. The van der Waals surface area contributed by atoms with Crippen molar-refractivity contribution in [3.05, 3.63) is 48.0 Å². The predicted octanol–water partition coefficient (Wildman–Crippen LogP) is 3.57. The van der Waals surface area contributed by atoms with Crippen LogP contribution in [0, 0.1) is 23.2 Å². The van der Waals surface area contributed by atoms with Gasteiger partial charge in [-0.3, -0.25) is 9.59 Å². The summed E-state index contributed by atoms with van der Waals surface area (Å²) in [6.45, 7) is 0. The Labute approximate surface area is 165 Å². The summed E-state index contributed by atoms with van der Waals surface area (Å²) in [5, 5.41) is 5.36. The summed E-state index contributed by atoms with van der Waals surface area (Å²) in [5.74, 6) is 1.71. The maximum absolute atomic E-state index is 13.3. The van der Waals surface area contributed by atoms with E-state index in [1.807, 2.05) is 18.2 Å². The number of carbonyl (C=O) groups is 2. The largest absolute Gasteiger partial charge is 0.368 e. The summed E-state index contributed by atoms with van der Waals surface area (Å²) in [5.41, 5.74) is 6.45. The van der Waals surface area contributed by atoms with E-state index < -0.39 is 11.9 Å². The zero-order chi connectivity index (χ0) is 19.3. The molecule has 4 saturated carbocycles. The van der Waals surface area contributed by atoms with Crippen LogP contribution in [0.25, 0.3) is 10.8 Å². The topological polar surface area (TPSA) is 72.2 Å². The minimum absolute atomic E-state index is 0.0659. The molecule has 28 heavy (non-hydrogen) atoms. The Hall–Kier alpha value is -2.36. The lowest BCUT2D eigenvalue weighted by molar-refractivity contribution is -0.148. The number of rotatable bonds is 5. The third-order valence-corrected chi connectivity index (χ3v) is 7.42. The van der Waals surface area contributed by atoms with Crippen molar-refractivity contribution in [2.45, 2.75) is 51.0 Å². The summed E-state index contributed by atoms with van der Waals surface area (Å²) >= 11 is 0. The van der Waals surface area contributed by atoms with E-state index >= 15 is 0 Å². The molecule has 4 aliphatic rings. The molecule has 4 fully saturated rings. The Morgan fingerprint density at radius 2 is 1.57 bits per heavy atom. The Bertz CT molecular complexity index is 900. The van der Waals surface area contributed by atoms with Crippen molar-refractivity contribution < 1.29 is 9.59 Å². The van der Waals surface area contributed by atoms with Gasteiger partial charge in [0.15, 0.2) is 0 Å². The van der Waals surface area contributed by atoms with Crippen LogP contribution < -0.4 is 11.1 Å². The second kappa shape index (κ2) is 6.61. The van der Waals surface area contributed by atoms with Gasteiger partial charge >= 0.3 is 0 Å². The first-order valence-electron chi connectivity index (χ1n) is 10.6. The average molecular weight is 377 g/mol. The number of amides is 2. The number of primary amides is 1. The highest BCUT2D eigenvalue weighted by Gasteiger charge is 2.54. The number of benzene rings is 2. The molecule has 2 amide bonds. The lowest BCUT2D eigenvalue weighted by atomic mass is 9.49. The standard InChI is InChI=1S/C24H28N2O2/c25-22(27)21(11-15-5-6-19-3-1-2-4-20(19)10-15)26-23(28)24-12-16-7-17(13-24)9-18(8-16)14-24/h1-6,10,16-18,21H,7-9,11-14H2,(H2,25,27)(H,26,28)/t16?,17?,18?,21-,24?/m0/s1. The minimum Gasteiger partial charge on any atom is -0.368 e. The number of nitrogens with two attached hydrogens (primary N) is 1. The van der Waals surface area contributed by atoms with Gasteiger partial charge in [-0.2, -0.15) is 0 Å². The van der Waals surface area contributed by atoms with Crippen LogP contribution in [-0.4, -0.2) is 17.9 Å². The normalized spacial score (nSPS) is 31.6. The predicted molar refractivity (Wildman–Crippen MR) is 109 cm³/mol. The van der Waals surface area contributed by atoms with Crippen molar-refractivity contribution in [1.82, 2.24) is 5.32 Å². The van der Waals surface area contributed by atoms with E-state index in [1.165, 1.54) is 24.6 Å². The van der Waals surface area contributed by atoms with E-state index in [9.17, 15) is 9.59 Å². The van der Waals surface area contributed by atoms with E-state index in [-0.39, 0.29) is 11.3 Å². The first-order valence-corrected chi connectivity index (χ1v) is 10.6. The average Bonchev–Trinajstić information content (AvgIpc) is 2.66. The van der Waals surface area contributed by atoms with Crippen LogP contribution in [0.15, 0.2) is 42.5 Å². The van der Waals surface area contributed by atoms with Gasteiger partial charge < -0.3 is 11.1 Å². The summed E-state index contributed by atoms with van der Waals surface area (Å²) < 4.78 is 0. The zero-order valence-electron chi connectivity index (χ0n) is 16.2. The van der Waals surface area contributed by atoms with Gasteiger partial charge in [-0.25, -0.2) is 0 Å². The second-order valence-electron chi connectivity index (χ2n) is 9.51. The third-order valence-electron chi connectivity index (χ3n) is 7.42. The van der Waals surface area contributed by atoms with Crippen LogP contribution in [0.2, 0.25) is 0 Å². The van der Waals surface area contributed by atoms with Gasteiger partial charge in [-0.15, -0.1) is 0 Å². The molecule has 4 aliphatic carbocycles. The van der Waals surface area contributed by atoms with Gasteiger partial charge in [-0.1, -0.05) is 42.5 Å². The van der Waals surface area contributed by atoms with Crippen LogP contribution in [0.5, 0.6) is 0 Å². The molecule has 0 aliphatic heterocycles. The lowest BCUT2D eigenvalue weighted by Gasteiger charge is -2.55. The molecule has 1 atom stereocenters. The van der Waals surface area contributed by atoms with Gasteiger partial charge in [-0.05, 0) is 72.6 Å². The minimum atomic E-state index is -0.651. The fourth-order valence-electron chi connectivity index (χ4n) is 6.52. The van der Waals surface area contributed by atoms with E-state index in [0.717, 1.165) is 30.2 Å². The molecular weight excluding hydrogens is 348 g/mol. The lowest BCUT2D eigenvalue weighted by Crippen LogP contribution is -2.57. The van der Waals surface area contributed by atoms with Crippen molar-refractivity contribution in [2.24, 2.45) is 28.9 Å². The van der Waals surface area contributed by atoms with Crippen LogP contribution in [0.1, 0.15) is 44.1 Å². The summed E-state index contributed by atoms with van der Waals surface area (Å²) in [4.78, 5) is 25.4. The molecule has 4 heteroatoms. The van der Waals surface area contributed by atoms with Crippen LogP contribution in [-0.2, 0) is 16.0 Å². The molecule has 3 N–H and O–H groups in total. The van der Waals surface area contributed by atoms with Crippen molar-refractivity contribution in [3.8, 4) is 0 Å². The smallest absolute Gasteiger partial charge is 0.240 e. The van der Waals surface area contributed by atoms with E-state index in [4.69, 9.17) is 5.73 Å². The quantitative estimate of drug-likeness (QED) is 0.837. The van der Waals surface area contributed by atoms with Gasteiger partial charge in [0, 0.05) is 11.8 Å². The summed E-state index contributed by atoms with van der Waals surface area (Å²) in [6.07, 6.45) is 7.30. The number of hydrogen-bond donors (Lipinski definition) is 2. The Morgan fingerprint density at radius 3 is 2.18 bits per heavy atom. The van der Waals surface area contributed by atoms with E-state index in [0.29, 0.717) is 24.2 Å². The molecule has 0 spiro atoms. The highest BCUT2D eigenvalue weighted by molar-refractivity contribution is 5.90. The summed E-state index contributed by atoms with van der Waals surface area (Å²) in [7, 11) is 0. The number of hydrogen-bond acceptors (Lipinski definition) is 2. The first-order chi connectivity index (χ1) is 13.5. The van der Waals surface area contributed by atoms with E-state index in [1.54, 1.807) is 0 Å². The number of fused-ring (bicyclic) bond motifs is 1. The number of nitrogens with one attached hydrogen (secondary N) is 1. The van der Waals surface area contributed by atoms with Crippen LogP contribution in [0.4, 0.5) is 0 Å². The molecule has 0 unspecified atom stereocenters. The molecule has 6 rings (SSSR count). The number of carbonyl (C=O) groups excluding carboxylic acids is 2. The van der Waals surface area contributed by atoms with Gasteiger partial charge in [0.1, 0.15) is 6.04 Å². The molecule has 0 radical (unpaired) electrons. The molecule has 2 aromatic rings. The fourth-order valence-corrected chi connectivity index (χ4v) is 6.52. The zero-order valence-corrected chi connectivity index (χ0v) is 16.2.